The van der Waals surface area contributed by atoms with Crippen molar-refractivity contribution in [2.45, 2.75) is 0 Å². The van der Waals surface area contributed by atoms with Gasteiger partial charge in [0.2, 0.25) is 0 Å². The minimum atomic E-state index is -2.93. The first-order valence-corrected chi connectivity index (χ1v) is 18.0. The molecule has 0 fully saturated rings. The second-order valence-electron chi connectivity index (χ2n) is 9.55. The molecule has 0 saturated carbocycles. The third kappa shape index (κ3) is 10.5. The van der Waals surface area contributed by atoms with Crippen molar-refractivity contribution in [2.75, 3.05) is 0 Å². The third-order valence-corrected chi connectivity index (χ3v) is 16.3. The number of benzene rings is 6. The van der Waals surface area contributed by atoms with Gasteiger partial charge in [0.05, 0.1) is 0 Å². The van der Waals surface area contributed by atoms with Gasteiger partial charge in [0, 0.05) is 17.4 Å². The number of hydrogen-bond acceptors (Lipinski definition) is 3. The van der Waals surface area contributed by atoms with E-state index in [2.05, 4.69) is 214 Å². The molecule has 50 heavy (non-hydrogen) atoms. The van der Waals surface area contributed by atoms with Crippen LogP contribution in [-0.2, 0) is 36.0 Å². The molecule has 6 rings (SSSR count). The molecule has 0 radical (unpaired) electrons. The standard InChI is InChI=1S/C36H31NP2.4CO.Cr.HNO/c1-7-19-31(20-8-1)38(32-21-9-2-10-22-32,33-23-11-3-12-24-33)37-39(34-25-13-4-14-26-34,35-27-15-5-16-28-35)36-29-17-6-18-30-36;4*1-2;;1-2/h1-30,38H;;;;;;1H. The molecule has 0 heterocycles. The van der Waals surface area contributed by atoms with E-state index in [1.807, 2.05) is 0 Å². The Bertz CT molecular complexity index is 1690. The maximum atomic E-state index is 7.50. The Hall–Kier alpha value is -4.93. The zero-order valence-corrected chi connectivity index (χ0v) is 29.8. The summed E-state index contributed by atoms with van der Waals surface area (Å²) in [7, 11) is -5.42. The predicted molar refractivity (Wildman–Crippen MR) is 196 cm³/mol. The quantitative estimate of drug-likeness (QED) is 0.0806. The van der Waals surface area contributed by atoms with E-state index in [0.717, 1.165) is 0 Å². The molecule has 0 saturated heterocycles. The molecule has 10 heteroatoms. The summed E-state index contributed by atoms with van der Waals surface area (Å²) in [6.07, 6.45) is 0. The Kier molecular flexibility index (Phi) is 23.4. The van der Waals surface area contributed by atoms with Crippen LogP contribution in [0.3, 0.4) is 0 Å². The number of nitroso groups, excluding NO2 is 1. The number of nitrogens with zero attached hydrogens (tertiary/aromatic N) is 1. The van der Waals surface area contributed by atoms with E-state index >= 15 is 0 Å². The van der Waals surface area contributed by atoms with Crippen LogP contribution < -0.4 is 31.8 Å². The van der Waals surface area contributed by atoms with Crippen LogP contribution in [0.2, 0.25) is 0 Å². The van der Waals surface area contributed by atoms with Crippen LogP contribution in [0.15, 0.2) is 187 Å². The fourth-order valence-corrected chi connectivity index (χ4v) is 15.8. The molecule has 0 unspecified atom stereocenters. The Labute approximate surface area is 304 Å². The number of nitrogens with one attached hydrogen (secondary N) is 1. The van der Waals surface area contributed by atoms with Crippen LogP contribution >= 0.6 is 14.5 Å². The fourth-order valence-electron chi connectivity index (χ4n) is 5.49. The van der Waals surface area contributed by atoms with E-state index in [-0.39, 0.29) is 17.4 Å². The molecule has 0 aromatic heterocycles. The summed E-state index contributed by atoms with van der Waals surface area (Å²) >= 11 is 0. The van der Waals surface area contributed by atoms with Gasteiger partial charge in [0.15, 0.2) is 0 Å². The molecule has 0 spiro atoms. The molecule has 0 aliphatic heterocycles. The Balaban J connectivity index is 0.00000201. The summed E-state index contributed by atoms with van der Waals surface area (Å²) in [6, 6.07) is 65.8. The van der Waals surface area contributed by atoms with Crippen LogP contribution in [0.4, 0.5) is 0 Å². The van der Waals surface area contributed by atoms with Gasteiger partial charge in [-0.15, -0.1) is 0 Å². The minimum absolute atomic E-state index is 0. The number of hydrogen-bond donors (Lipinski definition) is 1. The normalized spacial score (nSPS) is 9.60. The van der Waals surface area contributed by atoms with Crippen molar-refractivity contribution in [1.82, 2.24) is 0 Å². The van der Waals surface area contributed by atoms with Gasteiger partial charge >= 0.3 is 278 Å². The van der Waals surface area contributed by atoms with Gasteiger partial charge in [-0.3, -0.25) is 0 Å². The van der Waals surface area contributed by atoms with Crippen molar-refractivity contribution in [2.24, 2.45) is 4.52 Å². The van der Waals surface area contributed by atoms with Crippen LogP contribution in [0, 0.1) is 37.1 Å². The first-order valence-electron chi connectivity index (χ1n) is 14.3. The summed E-state index contributed by atoms with van der Waals surface area (Å²) in [5.41, 5.74) is 4.50. The molecule has 0 aliphatic rings. The topological polar surface area (TPSA) is 133 Å². The molecule has 7 nitrogen and oxygen atoms in total. The first-order chi connectivity index (χ1) is 24.3. The summed E-state index contributed by atoms with van der Waals surface area (Å²) in [5, 5.41) is 7.66. The van der Waals surface area contributed by atoms with E-state index in [1.54, 1.807) is 0 Å². The molecule has 6 aromatic carbocycles. The predicted octanol–water partition coefficient (Wildman–Crippen LogP) is 6.98. The van der Waals surface area contributed by atoms with Gasteiger partial charge < -0.3 is 0 Å². The molecule has 1 N–H and O–H groups in total. The molecule has 0 atom stereocenters. The van der Waals surface area contributed by atoms with Crippen molar-refractivity contribution in [3.8, 4) is 0 Å². The van der Waals surface area contributed by atoms with Gasteiger partial charge in [-0.25, -0.2) is 0 Å². The van der Waals surface area contributed by atoms with Crippen LogP contribution in [0.25, 0.3) is 0 Å². The Morgan fingerprint density at radius 1 is 0.380 bits per heavy atom. The average molecular weight is 735 g/mol. The first kappa shape index (κ1) is 45.1. The van der Waals surface area contributed by atoms with Crippen molar-refractivity contribution in [1.29, 1.82) is 5.59 Å². The SMILES string of the molecule is N=O.[C-]#[O+].[C-]#[O+].[C-]#[O+].[C-]#[O+].[Cr].c1ccc(P(=N[PH](c2ccccc2)(c2ccccc2)c2ccccc2)(c2ccccc2)c2ccccc2)cc1. The third-order valence-electron chi connectivity index (χ3n) is 7.26. The zero-order chi connectivity index (χ0) is 36.4. The summed E-state index contributed by atoms with van der Waals surface area (Å²) < 4.78 is 36.4. The number of rotatable bonds is 7. The summed E-state index contributed by atoms with van der Waals surface area (Å²) in [5.74, 6) is 0. The fraction of sp³-hybridized carbons (Fsp3) is 0. The van der Waals surface area contributed by atoms with E-state index in [0.29, 0.717) is 0 Å². The van der Waals surface area contributed by atoms with Gasteiger partial charge in [0.1, 0.15) is 0 Å². The van der Waals surface area contributed by atoms with Crippen molar-refractivity contribution < 1.29 is 36.0 Å². The van der Waals surface area contributed by atoms with E-state index in [4.69, 9.17) is 28.0 Å². The summed E-state index contributed by atoms with van der Waals surface area (Å²) in [4.78, 5) is 7.50. The van der Waals surface area contributed by atoms with Crippen LogP contribution in [-0.4, -0.2) is 0 Å². The zero-order valence-electron chi connectivity index (χ0n) is 26.7. The van der Waals surface area contributed by atoms with Gasteiger partial charge in [-0.2, -0.15) is 4.91 Å². The van der Waals surface area contributed by atoms with Crippen molar-refractivity contribution in [3.63, 3.8) is 0 Å². The van der Waals surface area contributed by atoms with E-state index in [9.17, 15) is 0 Å². The molecule has 248 valence electrons. The van der Waals surface area contributed by atoms with Crippen LogP contribution in [0.5, 0.6) is 0 Å². The monoisotopic (exact) mass is 734 g/mol. The molecule has 0 aliphatic carbocycles. The van der Waals surface area contributed by atoms with Crippen molar-refractivity contribution >= 4 is 46.3 Å². The average Bonchev–Trinajstić information content (AvgIpc) is 3.24. The molecule has 6 aromatic rings. The molecule has 0 bridgehead atoms. The molecular formula is C40H32CrN2O5P2. The van der Waals surface area contributed by atoms with Gasteiger partial charge in [-0.05, 0) is 0 Å². The second-order valence-corrected chi connectivity index (χ2v) is 16.3. The summed E-state index contributed by atoms with van der Waals surface area (Å²) in [6.45, 7) is 18.0. The second kappa shape index (κ2) is 26.0. The van der Waals surface area contributed by atoms with Gasteiger partial charge in [0.25, 0.3) is 0 Å². The Morgan fingerprint density at radius 2 is 0.560 bits per heavy atom. The maximum absolute atomic E-state index is 7.50. The van der Waals surface area contributed by atoms with Crippen LogP contribution in [0.1, 0.15) is 0 Å². The van der Waals surface area contributed by atoms with Gasteiger partial charge in [-0.1, -0.05) is 5.59 Å². The Morgan fingerprint density at radius 3 is 0.760 bits per heavy atom. The van der Waals surface area contributed by atoms with E-state index < -0.39 is 14.5 Å². The molecular weight excluding hydrogens is 702 g/mol. The van der Waals surface area contributed by atoms with E-state index in [1.165, 1.54) is 31.8 Å². The molecule has 0 amide bonds. The van der Waals surface area contributed by atoms with Crippen molar-refractivity contribution in [3.05, 3.63) is 213 Å².